The predicted molar refractivity (Wildman–Crippen MR) is 76.6 cm³/mol. The summed E-state index contributed by atoms with van der Waals surface area (Å²) in [6.45, 7) is 0. The lowest BCUT2D eigenvalue weighted by molar-refractivity contribution is 0.190. The lowest BCUT2D eigenvalue weighted by Gasteiger charge is -2.19. The highest BCUT2D eigenvalue weighted by Gasteiger charge is 2.36. The number of hydrogen-bond acceptors (Lipinski definition) is 6. The minimum Gasteiger partial charge on any atom is -0.495 e. The molecule has 1 heterocycles. The Morgan fingerprint density at radius 3 is 2.40 bits per heavy atom. The van der Waals surface area contributed by atoms with E-state index in [0.717, 1.165) is 0 Å². The van der Waals surface area contributed by atoms with Gasteiger partial charge in [0.1, 0.15) is 11.5 Å². The monoisotopic (exact) mass is 321 g/mol. The smallest absolute Gasteiger partial charge is 0.155 e. The highest BCUT2D eigenvalue weighted by molar-refractivity contribution is 7.91. The van der Waals surface area contributed by atoms with Crippen molar-refractivity contribution in [2.75, 3.05) is 31.0 Å². The Kier molecular flexibility index (Phi) is 4.31. The van der Waals surface area contributed by atoms with Crippen LogP contribution in [0.5, 0.6) is 11.5 Å². The van der Waals surface area contributed by atoms with Crippen LogP contribution in [0.2, 0.25) is 5.02 Å². The molecule has 1 saturated heterocycles. The molecule has 20 heavy (non-hydrogen) atoms. The first kappa shape index (κ1) is 15.2. The van der Waals surface area contributed by atoms with Gasteiger partial charge in [0.05, 0.1) is 48.6 Å². The molecule has 8 heteroatoms. The largest absolute Gasteiger partial charge is 0.495 e. The number of halogens is 1. The van der Waals surface area contributed by atoms with Crippen LogP contribution in [0.15, 0.2) is 12.1 Å². The molecule has 112 valence electrons. The number of benzene rings is 1. The molecule has 2 unspecified atom stereocenters. The molecule has 0 amide bonds. The Hall–Kier alpha value is -1.18. The summed E-state index contributed by atoms with van der Waals surface area (Å²) in [5.41, 5.74) is 0.513. The van der Waals surface area contributed by atoms with E-state index >= 15 is 0 Å². The van der Waals surface area contributed by atoms with Crippen molar-refractivity contribution in [2.24, 2.45) is 0 Å². The first-order valence-electron chi connectivity index (χ1n) is 5.93. The second-order valence-corrected chi connectivity index (χ2v) is 7.14. The van der Waals surface area contributed by atoms with Crippen molar-refractivity contribution in [3.8, 4) is 11.5 Å². The Labute approximate surface area is 122 Å². The van der Waals surface area contributed by atoms with Crippen LogP contribution in [-0.2, 0) is 9.84 Å². The molecule has 1 fully saturated rings. The van der Waals surface area contributed by atoms with Crippen molar-refractivity contribution in [3.63, 3.8) is 0 Å². The van der Waals surface area contributed by atoms with Gasteiger partial charge < -0.3 is 19.9 Å². The standard InChI is InChI=1S/C12H16ClNO5S/c1-18-11-4-12(19-2)8(3-7(11)13)14-9-5-20(16,17)6-10(9)15/h3-4,9-10,14-15H,5-6H2,1-2H3. The minimum atomic E-state index is -3.22. The zero-order valence-corrected chi connectivity index (χ0v) is 12.7. The highest BCUT2D eigenvalue weighted by Crippen LogP contribution is 2.36. The molecular formula is C12H16ClNO5S. The van der Waals surface area contributed by atoms with Gasteiger partial charge >= 0.3 is 0 Å². The molecule has 2 rings (SSSR count). The molecule has 2 atom stereocenters. The van der Waals surface area contributed by atoms with Gasteiger partial charge in [-0.2, -0.15) is 0 Å². The van der Waals surface area contributed by atoms with Crippen LogP contribution in [0.25, 0.3) is 0 Å². The van der Waals surface area contributed by atoms with Gasteiger partial charge in [-0.05, 0) is 6.07 Å². The van der Waals surface area contributed by atoms with E-state index < -0.39 is 22.0 Å². The number of ether oxygens (including phenoxy) is 2. The van der Waals surface area contributed by atoms with Crippen LogP contribution >= 0.6 is 11.6 Å². The van der Waals surface area contributed by atoms with Crippen molar-refractivity contribution in [3.05, 3.63) is 17.2 Å². The molecule has 0 aromatic heterocycles. The van der Waals surface area contributed by atoms with E-state index in [0.29, 0.717) is 22.2 Å². The average Bonchev–Trinajstić information content (AvgIpc) is 2.62. The Balaban J connectivity index is 2.27. The normalized spacial score (nSPS) is 24.4. The van der Waals surface area contributed by atoms with Gasteiger partial charge in [0, 0.05) is 6.07 Å². The molecule has 0 radical (unpaired) electrons. The molecule has 1 aromatic rings. The van der Waals surface area contributed by atoms with Gasteiger partial charge in [0.15, 0.2) is 9.84 Å². The summed E-state index contributed by atoms with van der Waals surface area (Å²) in [6.07, 6.45) is -0.953. The second-order valence-electron chi connectivity index (χ2n) is 4.58. The van der Waals surface area contributed by atoms with E-state index in [1.165, 1.54) is 14.2 Å². The van der Waals surface area contributed by atoms with Gasteiger partial charge in [-0.1, -0.05) is 11.6 Å². The molecular weight excluding hydrogens is 306 g/mol. The van der Waals surface area contributed by atoms with E-state index in [9.17, 15) is 13.5 Å². The van der Waals surface area contributed by atoms with Crippen LogP contribution in [0, 0.1) is 0 Å². The Morgan fingerprint density at radius 1 is 1.25 bits per heavy atom. The van der Waals surface area contributed by atoms with Gasteiger partial charge in [-0.3, -0.25) is 0 Å². The summed E-state index contributed by atoms with van der Waals surface area (Å²) in [7, 11) is -0.249. The summed E-state index contributed by atoms with van der Waals surface area (Å²) in [5, 5.41) is 13.1. The van der Waals surface area contributed by atoms with Crippen molar-refractivity contribution >= 4 is 27.1 Å². The summed E-state index contributed by atoms with van der Waals surface area (Å²) in [4.78, 5) is 0. The molecule has 2 N–H and O–H groups in total. The summed E-state index contributed by atoms with van der Waals surface area (Å²) >= 11 is 6.04. The van der Waals surface area contributed by atoms with Crippen LogP contribution in [0.4, 0.5) is 5.69 Å². The SMILES string of the molecule is COc1cc(OC)c(NC2CS(=O)(=O)CC2O)cc1Cl. The Bertz CT molecular complexity index is 604. The summed E-state index contributed by atoms with van der Waals surface area (Å²) < 4.78 is 33.3. The van der Waals surface area contributed by atoms with Crippen LogP contribution < -0.4 is 14.8 Å². The lowest BCUT2D eigenvalue weighted by Crippen LogP contribution is -2.32. The second kappa shape index (κ2) is 5.67. The fraction of sp³-hybridized carbons (Fsp3) is 0.500. The molecule has 1 aliphatic rings. The maximum absolute atomic E-state index is 11.5. The fourth-order valence-electron chi connectivity index (χ4n) is 2.14. The zero-order chi connectivity index (χ0) is 14.9. The van der Waals surface area contributed by atoms with Crippen LogP contribution in [0.1, 0.15) is 0 Å². The molecule has 1 aliphatic heterocycles. The maximum atomic E-state index is 11.5. The number of anilines is 1. The quantitative estimate of drug-likeness (QED) is 0.858. The minimum absolute atomic E-state index is 0.124. The Morgan fingerprint density at radius 2 is 1.90 bits per heavy atom. The van der Waals surface area contributed by atoms with Gasteiger partial charge in [-0.25, -0.2) is 8.42 Å². The third-order valence-electron chi connectivity index (χ3n) is 3.14. The first-order valence-corrected chi connectivity index (χ1v) is 8.13. The molecule has 0 aliphatic carbocycles. The van der Waals surface area contributed by atoms with E-state index in [4.69, 9.17) is 21.1 Å². The third kappa shape index (κ3) is 3.11. The van der Waals surface area contributed by atoms with Gasteiger partial charge in [0.2, 0.25) is 0 Å². The molecule has 6 nitrogen and oxygen atoms in total. The van der Waals surface area contributed by atoms with Crippen molar-refractivity contribution in [2.45, 2.75) is 12.1 Å². The first-order chi connectivity index (χ1) is 9.36. The van der Waals surface area contributed by atoms with Crippen LogP contribution in [0.3, 0.4) is 0 Å². The number of hydrogen-bond donors (Lipinski definition) is 2. The summed E-state index contributed by atoms with van der Waals surface area (Å²) in [5.74, 6) is 0.550. The highest BCUT2D eigenvalue weighted by atomic mass is 35.5. The van der Waals surface area contributed by atoms with Crippen LogP contribution in [-0.4, -0.2) is 51.4 Å². The van der Waals surface area contributed by atoms with E-state index in [2.05, 4.69) is 5.32 Å². The van der Waals surface area contributed by atoms with Crippen molar-refractivity contribution in [1.29, 1.82) is 0 Å². The van der Waals surface area contributed by atoms with E-state index in [1.54, 1.807) is 12.1 Å². The maximum Gasteiger partial charge on any atom is 0.155 e. The van der Waals surface area contributed by atoms with Gasteiger partial charge in [-0.15, -0.1) is 0 Å². The molecule has 0 spiro atoms. The zero-order valence-electron chi connectivity index (χ0n) is 11.1. The molecule has 0 saturated carbocycles. The number of methoxy groups -OCH3 is 2. The number of aliphatic hydroxyl groups is 1. The average molecular weight is 322 g/mol. The van der Waals surface area contributed by atoms with Gasteiger partial charge in [0.25, 0.3) is 0 Å². The molecule has 1 aromatic carbocycles. The predicted octanol–water partition coefficient (Wildman–Crippen LogP) is 0.927. The summed E-state index contributed by atoms with van der Waals surface area (Å²) in [6, 6.07) is 2.59. The van der Waals surface area contributed by atoms with Crippen molar-refractivity contribution in [1.82, 2.24) is 0 Å². The van der Waals surface area contributed by atoms with Crippen molar-refractivity contribution < 1.29 is 23.0 Å². The topological polar surface area (TPSA) is 84.9 Å². The number of sulfone groups is 1. The lowest BCUT2D eigenvalue weighted by atomic mass is 10.2. The number of aliphatic hydroxyl groups excluding tert-OH is 1. The number of rotatable bonds is 4. The number of nitrogens with one attached hydrogen (secondary N) is 1. The third-order valence-corrected chi connectivity index (χ3v) is 5.15. The molecule has 0 bridgehead atoms. The van der Waals surface area contributed by atoms with E-state index in [1.807, 2.05) is 0 Å². The van der Waals surface area contributed by atoms with E-state index in [-0.39, 0.29) is 11.5 Å². The fourth-order valence-corrected chi connectivity index (χ4v) is 4.12.